The molecule has 0 spiro atoms. The summed E-state index contributed by atoms with van der Waals surface area (Å²) in [5, 5.41) is 8.10. The first-order valence-electron chi connectivity index (χ1n) is 17.1. The Morgan fingerprint density at radius 2 is 1.15 bits per heavy atom. The molecule has 4 heteroatoms. The molecule has 2 amide bonds. The lowest BCUT2D eigenvalue weighted by atomic mass is 9.84. The molecule has 0 aliphatic carbocycles. The van der Waals surface area contributed by atoms with Gasteiger partial charge in [0.1, 0.15) is 11.5 Å². The number of carbonyl (C=O) groups is 2. The van der Waals surface area contributed by atoms with Crippen LogP contribution in [0.2, 0.25) is 0 Å². The average Bonchev–Trinajstić information content (AvgIpc) is 3.08. The minimum absolute atomic E-state index is 0.264. The second kappa shape index (κ2) is 11.2. The largest absolute Gasteiger partial charge is 0.456 e. The zero-order chi connectivity index (χ0) is 33.4. The molecule has 0 aromatic heterocycles. The number of imide groups is 1. The highest BCUT2D eigenvalue weighted by Gasteiger charge is 2.37. The molecule has 7 aromatic rings. The van der Waals surface area contributed by atoms with Crippen LogP contribution in [-0.2, 0) is 6.42 Å². The van der Waals surface area contributed by atoms with Crippen LogP contribution in [-0.4, -0.2) is 11.8 Å². The minimum Gasteiger partial charge on any atom is -0.456 e. The Kier molecular flexibility index (Phi) is 7.03. The Labute approximate surface area is 281 Å². The van der Waals surface area contributed by atoms with Crippen molar-refractivity contribution >= 4 is 60.6 Å². The number of fused-ring (bicyclic) bond motifs is 2. The summed E-state index contributed by atoms with van der Waals surface area (Å²) in [6.07, 6.45) is 1.72. The predicted molar refractivity (Wildman–Crippen MR) is 199 cm³/mol. The summed E-state index contributed by atoms with van der Waals surface area (Å²) in [6.45, 7) is 12.9. The molecular formula is C44H39NO3. The Morgan fingerprint density at radius 3 is 1.77 bits per heavy atom. The van der Waals surface area contributed by atoms with Crippen LogP contribution in [0.5, 0.6) is 11.5 Å². The summed E-state index contributed by atoms with van der Waals surface area (Å²) in [7, 11) is 0. The number of para-hydroxylation sites is 2. The molecule has 1 aliphatic heterocycles. The first-order chi connectivity index (χ1) is 23.2. The summed E-state index contributed by atoms with van der Waals surface area (Å²) >= 11 is 0. The number of nitrogens with zero attached hydrogens (tertiary/aromatic N) is 1. The van der Waals surface area contributed by atoms with E-state index in [-0.39, 0.29) is 11.8 Å². The molecule has 0 unspecified atom stereocenters. The summed E-state index contributed by atoms with van der Waals surface area (Å²) in [4.78, 5) is 30.1. The molecule has 0 fully saturated rings. The highest BCUT2D eigenvalue weighted by Crippen LogP contribution is 2.48. The summed E-state index contributed by atoms with van der Waals surface area (Å²) in [6, 6.07) is 31.0. The number of aryl methyl sites for hydroxylation is 2. The number of carbonyl (C=O) groups excluding carboxylic acids is 2. The summed E-state index contributed by atoms with van der Waals surface area (Å²) < 4.78 is 6.90. The second-order valence-corrected chi connectivity index (χ2v) is 13.9. The maximum Gasteiger partial charge on any atom is 0.266 e. The first-order valence-corrected chi connectivity index (χ1v) is 17.1. The third-order valence-corrected chi connectivity index (χ3v) is 10.2. The van der Waals surface area contributed by atoms with Gasteiger partial charge in [0.15, 0.2) is 0 Å². The SMILES string of the molecule is CCCc1cccc(C)c1N1C(=O)c2ccc3c4cccc5c(Oc6c(C(C)C)cccc6C(C)C)ccc(c6ccc(c2c36)C1=O)c54. The Hall–Kier alpha value is -5.22. The van der Waals surface area contributed by atoms with E-state index in [2.05, 4.69) is 95.3 Å². The molecule has 0 saturated heterocycles. The third kappa shape index (κ3) is 4.28. The monoisotopic (exact) mass is 629 g/mol. The fourth-order valence-electron chi connectivity index (χ4n) is 7.98. The molecule has 0 N–H and O–H groups in total. The number of anilines is 1. The van der Waals surface area contributed by atoms with Crippen molar-refractivity contribution in [2.24, 2.45) is 0 Å². The molecular weight excluding hydrogens is 590 g/mol. The zero-order valence-electron chi connectivity index (χ0n) is 28.4. The minimum atomic E-state index is -0.264. The van der Waals surface area contributed by atoms with Crippen molar-refractivity contribution in [3.63, 3.8) is 0 Å². The normalized spacial score (nSPS) is 13.4. The van der Waals surface area contributed by atoms with E-state index < -0.39 is 0 Å². The average molecular weight is 630 g/mol. The fraction of sp³-hybridized carbons (Fsp3) is 0.227. The van der Waals surface area contributed by atoms with E-state index in [0.29, 0.717) is 23.0 Å². The molecule has 0 bridgehead atoms. The molecule has 48 heavy (non-hydrogen) atoms. The number of hydrogen-bond acceptors (Lipinski definition) is 3. The predicted octanol–water partition coefficient (Wildman–Crippen LogP) is 11.8. The smallest absolute Gasteiger partial charge is 0.266 e. The van der Waals surface area contributed by atoms with E-state index in [0.717, 1.165) is 84.2 Å². The van der Waals surface area contributed by atoms with E-state index in [1.807, 2.05) is 37.3 Å². The van der Waals surface area contributed by atoms with Gasteiger partial charge in [-0.15, -0.1) is 0 Å². The van der Waals surface area contributed by atoms with Gasteiger partial charge in [0.25, 0.3) is 11.8 Å². The van der Waals surface area contributed by atoms with Crippen molar-refractivity contribution in [1.82, 2.24) is 0 Å². The molecule has 8 rings (SSSR count). The van der Waals surface area contributed by atoms with Gasteiger partial charge in [0, 0.05) is 27.3 Å². The van der Waals surface area contributed by atoms with Crippen LogP contribution in [0.1, 0.15) is 95.8 Å². The maximum absolute atomic E-state index is 14.3. The highest BCUT2D eigenvalue weighted by molar-refractivity contribution is 6.42. The van der Waals surface area contributed by atoms with Crippen LogP contribution in [0.25, 0.3) is 43.1 Å². The van der Waals surface area contributed by atoms with Crippen molar-refractivity contribution in [3.05, 3.63) is 124 Å². The number of rotatable bonds is 7. The van der Waals surface area contributed by atoms with Gasteiger partial charge in [0.2, 0.25) is 0 Å². The fourth-order valence-corrected chi connectivity index (χ4v) is 7.98. The van der Waals surface area contributed by atoms with Crippen LogP contribution < -0.4 is 9.64 Å². The van der Waals surface area contributed by atoms with E-state index >= 15 is 0 Å². The highest BCUT2D eigenvalue weighted by atomic mass is 16.5. The molecule has 1 heterocycles. The number of hydrogen-bond donors (Lipinski definition) is 0. The quantitative estimate of drug-likeness (QED) is 0.100. The van der Waals surface area contributed by atoms with Crippen molar-refractivity contribution in [2.75, 3.05) is 4.90 Å². The Bertz CT molecular complexity index is 2360. The number of amides is 2. The molecule has 0 saturated carbocycles. The maximum atomic E-state index is 14.3. The van der Waals surface area contributed by atoms with Gasteiger partial charge in [0.05, 0.1) is 5.69 Å². The van der Waals surface area contributed by atoms with E-state index in [4.69, 9.17) is 4.74 Å². The van der Waals surface area contributed by atoms with Crippen LogP contribution >= 0.6 is 0 Å². The third-order valence-electron chi connectivity index (χ3n) is 10.2. The number of benzene rings is 7. The Morgan fingerprint density at radius 1 is 0.604 bits per heavy atom. The molecule has 7 aromatic carbocycles. The molecule has 0 radical (unpaired) electrons. The molecule has 1 aliphatic rings. The lowest BCUT2D eigenvalue weighted by molar-refractivity contribution is 0.0893. The van der Waals surface area contributed by atoms with Crippen molar-refractivity contribution in [2.45, 2.75) is 66.2 Å². The van der Waals surface area contributed by atoms with Crippen molar-refractivity contribution in [3.8, 4) is 11.5 Å². The van der Waals surface area contributed by atoms with Crippen molar-refractivity contribution < 1.29 is 14.3 Å². The van der Waals surface area contributed by atoms with E-state index in [9.17, 15) is 9.59 Å². The van der Waals surface area contributed by atoms with Gasteiger partial charge in [-0.05, 0) is 98.6 Å². The summed E-state index contributed by atoms with van der Waals surface area (Å²) in [5.74, 6) is 1.86. The Balaban J connectivity index is 1.35. The summed E-state index contributed by atoms with van der Waals surface area (Å²) in [5.41, 5.74) is 6.19. The van der Waals surface area contributed by atoms with Gasteiger partial charge in [-0.2, -0.15) is 0 Å². The van der Waals surface area contributed by atoms with E-state index in [1.165, 1.54) is 16.0 Å². The van der Waals surface area contributed by atoms with Gasteiger partial charge >= 0.3 is 0 Å². The van der Waals surface area contributed by atoms with Crippen LogP contribution in [0.15, 0.2) is 91.0 Å². The number of ether oxygens (including phenoxy) is 1. The zero-order valence-corrected chi connectivity index (χ0v) is 28.4. The second-order valence-electron chi connectivity index (χ2n) is 13.9. The van der Waals surface area contributed by atoms with Gasteiger partial charge in [-0.25, -0.2) is 4.90 Å². The first kappa shape index (κ1) is 30.1. The van der Waals surface area contributed by atoms with Crippen molar-refractivity contribution in [1.29, 1.82) is 0 Å². The molecule has 238 valence electrons. The molecule has 4 nitrogen and oxygen atoms in total. The molecule has 0 atom stereocenters. The topological polar surface area (TPSA) is 46.6 Å². The van der Waals surface area contributed by atoms with Gasteiger partial charge in [-0.1, -0.05) is 108 Å². The van der Waals surface area contributed by atoms with Gasteiger partial charge < -0.3 is 4.74 Å². The van der Waals surface area contributed by atoms with E-state index in [1.54, 1.807) is 0 Å². The van der Waals surface area contributed by atoms with Crippen LogP contribution in [0, 0.1) is 6.92 Å². The van der Waals surface area contributed by atoms with Crippen LogP contribution in [0.4, 0.5) is 5.69 Å². The lowest BCUT2D eigenvalue weighted by Gasteiger charge is -2.31. The van der Waals surface area contributed by atoms with Crippen LogP contribution in [0.3, 0.4) is 0 Å². The lowest BCUT2D eigenvalue weighted by Crippen LogP contribution is -2.41. The van der Waals surface area contributed by atoms with Gasteiger partial charge in [-0.3, -0.25) is 9.59 Å². The standard InChI is InChI=1S/C44H39NO3/c1-7-11-27-13-8-12-26(6)41(27)45-43(46)35-20-18-32-30-16-10-17-34-37(48-42-28(24(2)3)14-9-15-29(42)25(4)5)23-22-31(38(30)34)33-19-21-36(44(45)47)40(35)39(32)33/h8-10,12-25H,7,11H2,1-6H3.